The maximum absolute atomic E-state index is 13.5. The van der Waals surface area contributed by atoms with E-state index in [4.69, 9.17) is 18.5 Å². The second-order valence-corrected chi connectivity index (χ2v) is 10.3. The smallest absolute Gasteiger partial charge is 0.347 e. The number of hydrogen-bond donors (Lipinski definition) is 1. The van der Waals surface area contributed by atoms with E-state index in [0.29, 0.717) is 17.1 Å². The summed E-state index contributed by atoms with van der Waals surface area (Å²) in [5.74, 6) is 0.767. The molecule has 0 aliphatic carbocycles. The maximum atomic E-state index is 13.5. The number of carbonyl (C=O) groups excluding carboxylic acids is 1. The summed E-state index contributed by atoms with van der Waals surface area (Å²) in [6.07, 6.45) is -0.643. The Kier molecular flexibility index (Phi) is 9.28. The van der Waals surface area contributed by atoms with Gasteiger partial charge in [-0.05, 0) is 45.4 Å². The summed E-state index contributed by atoms with van der Waals surface area (Å²) < 4.78 is 34.6. The van der Waals surface area contributed by atoms with Gasteiger partial charge in [-0.3, -0.25) is 9.36 Å². The molecule has 0 spiro atoms. The van der Waals surface area contributed by atoms with Crippen molar-refractivity contribution in [1.82, 2.24) is 5.32 Å². The molecule has 0 aromatic heterocycles. The maximum Gasteiger partial charge on any atom is 0.347 e. The zero-order valence-electron chi connectivity index (χ0n) is 16.8. The lowest BCUT2D eigenvalue weighted by atomic mass is 10.1. The molecule has 0 aliphatic rings. The molecule has 1 rings (SSSR count). The number of amides is 1. The molecule has 1 N–H and O–H groups in total. The SMILES string of the molecule is COc1ccc([C@@H](NC(C)=O)[C@H](Br)P(=O)(OC(C)C)OC(C)C)cc1OC. The van der Waals surface area contributed by atoms with Gasteiger partial charge in [0.15, 0.2) is 11.5 Å². The number of nitrogens with one attached hydrogen (secondary N) is 1. The van der Waals surface area contributed by atoms with Crippen molar-refractivity contribution >= 4 is 29.4 Å². The largest absolute Gasteiger partial charge is 0.493 e. The van der Waals surface area contributed by atoms with Crippen molar-refractivity contribution in [2.75, 3.05) is 14.2 Å². The van der Waals surface area contributed by atoms with Crippen molar-refractivity contribution < 1.29 is 27.9 Å². The molecule has 27 heavy (non-hydrogen) atoms. The fourth-order valence-electron chi connectivity index (χ4n) is 2.49. The van der Waals surface area contributed by atoms with Gasteiger partial charge in [0, 0.05) is 6.92 Å². The summed E-state index contributed by atoms with van der Waals surface area (Å²) in [6.45, 7) is 8.50. The van der Waals surface area contributed by atoms with Crippen LogP contribution in [-0.4, -0.2) is 36.9 Å². The lowest BCUT2D eigenvalue weighted by Crippen LogP contribution is -2.33. The zero-order chi connectivity index (χ0) is 20.8. The molecule has 2 atom stereocenters. The van der Waals surface area contributed by atoms with Crippen LogP contribution in [0.1, 0.15) is 46.2 Å². The Hall–Kier alpha value is -1.08. The third kappa shape index (κ3) is 6.79. The molecule has 1 aromatic rings. The van der Waals surface area contributed by atoms with Crippen LogP contribution in [0.25, 0.3) is 0 Å². The van der Waals surface area contributed by atoms with Gasteiger partial charge in [0.05, 0.1) is 32.5 Å². The van der Waals surface area contributed by atoms with Crippen LogP contribution in [0.15, 0.2) is 18.2 Å². The first-order chi connectivity index (χ1) is 12.5. The van der Waals surface area contributed by atoms with E-state index in [1.807, 2.05) is 0 Å². The minimum Gasteiger partial charge on any atom is -0.493 e. The van der Waals surface area contributed by atoms with Gasteiger partial charge in [-0.25, -0.2) is 0 Å². The Morgan fingerprint density at radius 2 is 1.56 bits per heavy atom. The fourth-order valence-corrected chi connectivity index (χ4v) is 5.57. The summed E-state index contributed by atoms with van der Waals surface area (Å²) >= 11 is 3.47. The van der Waals surface area contributed by atoms with Crippen molar-refractivity contribution in [2.24, 2.45) is 0 Å². The van der Waals surface area contributed by atoms with Crippen molar-refractivity contribution in [3.8, 4) is 11.5 Å². The number of carbonyl (C=O) groups is 1. The van der Waals surface area contributed by atoms with E-state index >= 15 is 0 Å². The van der Waals surface area contributed by atoms with Crippen LogP contribution in [-0.2, 0) is 18.4 Å². The Bertz CT molecular complexity index is 668. The second kappa shape index (κ2) is 10.5. The molecular weight excluding hydrogens is 437 g/mol. The number of benzene rings is 1. The summed E-state index contributed by atoms with van der Waals surface area (Å²) in [6, 6.07) is 4.54. The zero-order valence-corrected chi connectivity index (χ0v) is 19.3. The number of rotatable bonds is 10. The van der Waals surface area contributed by atoms with E-state index in [2.05, 4.69) is 21.2 Å². The highest BCUT2D eigenvalue weighted by Gasteiger charge is 2.42. The minimum absolute atomic E-state index is 0.278. The van der Waals surface area contributed by atoms with E-state index in [1.54, 1.807) is 45.9 Å². The Morgan fingerprint density at radius 1 is 1.04 bits per heavy atom. The van der Waals surface area contributed by atoms with Crippen LogP contribution < -0.4 is 14.8 Å². The Labute approximate surface area is 169 Å². The molecule has 9 heteroatoms. The molecule has 0 aliphatic heterocycles. The number of halogens is 1. The van der Waals surface area contributed by atoms with Crippen molar-refractivity contribution in [3.05, 3.63) is 23.8 Å². The highest BCUT2D eigenvalue weighted by Crippen LogP contribution is 2.61. The molecule has 0 saturated carbocycles. The molecule has 1 aromatic carbocycles. The third-order valence-corrected chi connectivity index (χ3v) is 7.78. The molecule has 0 heterocycles. The van der Waals surface area contributed by atoms with Crippen LogP contribution >= 0.6 is 23.5 Å². The lowest BCUT2D eigenvalue weighted by Gasteiger charge is -2.32. The normalized spacial score (nSPS) is 14.1. The van der Waals surface area contributed by atoms with Gasteiger partial charge >= 0.3 is 7.60 Å². The molecule has 154 valence electrons. The van der Waals surface area contributed by atoms with Gasteiger partial charge in [0.1, 0.15) is 4.57 Å². The van der Waals surface area contributed by atoms with E-state index in [1.165, 1.54) is 21.1 Å². The molecule has 7 nitrogen and oxygen atoms in total. The monoisotopic (exact) mass is 465 g/mol. The summed E-state index contributed by atoms with van der Waals surface area (Å²) in [7, 11) is -0.551. The van der Waals surface area contributed by atoms with Crippen LogP contribution in [0.4, 0.5) is 0 Å². The summed E-state index contributed by atoms with van der Waals surface area (Å²) in [5.41, 5.74) is 0.671. The van der Waals surface area contributed by atoms with E-state index in [9.17, 15) is 9.36 Å². The number of hydrogen-bond acceptors (Lipinski definition) is 6. The Morgan fingerprint density at radius 3 is 1.96 bits per heavy atom. The highest BCUT2D eigenvalue weighted by atomic mass is 79.9. The van der Waals surface area contributed by atoms with Crippen molar-refractivity contribution in [2.45, 2.75) is 57.4 Å². The van der Waals surface area contributed by atoms with E-state index in [-0.39, 0.29) is 18.1 Å². The van der Waals surface area contributed by atoms with Crippen LogP contribution in [0.5, 0.6) is 11.5 Å². The third-order valence-electron chi connectivity index (χ3n) is 3.42. The average Bonchev–Trinajstić information content (AvgIpc) is 2.56. The Balaban J connectivity index is 3.39. The van der Waals surface area contributed by atoms with Gasteiger partial charge in [-0.1, -0.05) is 22.0 Å². The lowest BCUT2D eigenvalue weighted by molar-refractivity contribution is -0.119. The van der Waals surface area contributed by atoms with Gasteiger partial charge in [-0.2, -0.15) is 0 Å². The molecule has 1 amide bonds. The van der Waals surface area contributed by atoms with Crippen molar-refractivity contribution in [1.29, 1.82) is 0 Å². The summed E-state index contributed by atoms with van der Waals surface area (Å²) in [5, 5.41) is 2.82. The fraction of sp³-hybridized carbons (Fsp3) is 0.611. The van der Waals surface area contributed by atoms with Crippen LogP contribution in [0.3, 0.4) is 0 Å². The number of methoxy groups -OCH3 is 2. The van der Waals surface area contributed by atoms with E-state index < -0.39 is 18.2 Å². The van der Waals surface area contributed by atoms with Crippen LogP contribution in [0, 0.1) is 0 Å². The number of alkyl halides is 1. The highest BCUT2D eigenvalue weighted by molar-refractivity contribution is 9.10. The van der Waals surface area contributed by atoms with Gasteiger partial charge in [0.25, 0.3) is 0 Å². The molecular formula is C18H29BrNO6P. The molecule has 0 saturated heterocycles. The summed E-state index contributed by atoms with van der Waals surface area (Å²) in [4.78, 5) is 11.8. The second-order valence-electron chi connectivity index (χ2n) is 6.51. The van der Waals surface area contributed by atoms with Gasteiger partial charge in [-0.15, -0.1) is 0 Å². The molecule has 0 radical (unpaired) electrons. The first-order valence-electron chi connectivity index (χ1n) is 8.63. The molecule has 0 unspecified atom stereocenters. The first kappa shape index (κ1) is 24.0. The minimum atomic E-state index is -3.61. The number of ether oxygens (including phenoxy) is 2. The molecule has 0 bridgehead atoms. The van der Waals surface area contributed by atoms with Crippen LogP contribution in [0.2, 0.25) is 0 Å². The molecule has 0 fully saturated rings. The first-order valence-corrected chi connectivity index (χ1v) is 11.2. The quantitative estimate of drug-likeness (QED) is 0.400. The predicted octanol–water partition coefficient (Wildman–Crippen LogP) is 4.65. The average molecular weight is 466 g/mol. The standard InChI is InChI=1S/C18H29BrNO6P/c1-11(2)25-27(22,26-12(3)4)18(19)17(20-13(5)21)14-8-9-15(23-6)16(10-14)24-7/h8-12,17-18H,1-7H3,(H,20,21)/t17-,18-/m1/s1. The van der Waals surface area contributed by atoms with Crippen molar-refractivity contribution in [3.63, 3.8) is 0 Å². The topological polar surface area (TPSA) is 83.1 Å². The van der Waals surface area contributed by atoms with Gasteiger partial charge < -0.3 is 23.8 Å². The van der Waals surface area contributed by atoms with Gasteiger partial charge in [0.2, 0.25) is 5.91 Å². The predicted molar refractivity (Wildman–Crippen MR) is 109 cm³/mol. The van der Waals surface area contributed by atoms with E-state index in [0.717, 1.165) is 0 Å².